The first-order valence-electron chi connectivity index (χ1n) is 14.3. The summed E-state index contributed by atoms with van der Waals surface area (Å²) in [5.74, 6) is -0.584. The van der Waals surface area contributed by atoms with Gasteiger partial charge in [-0.2, -0.15) is 13.2 Å². The minimum atomic E-state index is -4.55. The van der Waals surface area contributed by atoms with E-state index in [0.29, 0.717) is 13.1 Å². The summed E-state index contributed by atoms with van der Waals surface area (Å²) in [6.07, 6.45) is -2.96. The number of fused-ring (bicyclic) bond motifs is 2. The van der Waals surface area contributed by atoms with Crippen LogP contribution < -0.4 is 10.6 Å². The molecule has 3 heterocycles. The van der Waals surface area contributed by atoms with E-state index in [9.17, 15) is 18.0 Å². The van der Waals surface area contributed by atoms with Gasteiger partial charge in [-0.3, -0.25) is 14.7 Å². The molecule has 2 aliphatic rings. The second kappa shape index (κ2) is 12.1. The number of carbonyl (C=O) groups is 1. The molecule has 10 heteroatoms. The van der Waals surface area contributed by atoms with Gasteiger partial charge in [0.2, 0.25) is 0 Å². The average molecular weight is 616 g/mol. The lowest BCUT2D eigenvalue weighted by atomic mass is 9.96. The molecule has 0 bridgehead atoms. The molecule has 2 N–H and O–H groups in total. The fraction of sp³-hybridized carbons (Fsp3) is 0.235. The SMILES string of the molecule is C=C(c1ccc2c(c1)Nc1ccccc1S2)c1cnc(C(=O)Nc2ccc(CN3CCN(C)CC3)c(C(F)(F)F)c2)cc1C. The average Bonchev–Trinajstić information content (AvgIpc) is 3.00. The minimum Gasteiger partial charge on any atom is -0.354 e. The Bertz CT molecular complexity index is 1750. The Kier molecular flexibility index (Phi) is 8.24. The fourth-order valence-corrected chi connectivity index (χ4v) is 6.44. The summed E-state index contributed by atoms with van der Waals surface area (Å²) in [6.45, 7) is 9.39. The number of amides is 1. The summed E-state index contributed by atoms with van der Waals surface area (Å²) in [6, 6.07) is 19.8. The Morgan fingerprint density at radius 1 is 1.00 bits per heavy atom. The van der Waals surface area contributed by atoms with Crippen molar-refractivity contribution < 1.29 is 18.0 Å². The first kappa shape index (κ1) is 29.9. The number of nitrogens with one attached hydrogen (secondary N) is 2. The summed E-state index contributed by atoms with van der Waals surface area (Å²) in [7, 11) is 2.00. The van der Waals surface area contributed by atoms with Crippen LogP contribution in [0.1, 0.15) is 38.3 Å². The molecule has 0 unspecified atom stereocenters. The summed E-state index contributed by atoms with van der Waals surface area (Å²) >= 11 is 1.70. The third-order valence-electron chi connectivity index (χ3n) is 8.04. The van der Waals surface area contributed by atoms with E-state index in [-0.39, 0.29) is 23.5 Å². The van der Waals surface area contributed by atoms with Gasteiger partial charge in [-0.05, 0) is 78.7 Å². The van der Waals surface area contributed by atoms with Crippen molar-refractivity contribution >= 4 is 40.3 Å². The van der Waals surface area contributed by atoms with Crippen LogP contribution in [0.3, 0.4) is 0 Å². The lowest BCUT2D eigenvalue weighted by molar-refractivity contribution is -0.138. The second-order valence-corrected chi connectivity index (χ2v) is 12.3. The number of hydrogen-bond donors (Lipinski definition) is 2. The fourth-order valence-electron chi connectivity index (χ4n) is 5.48. The maximum Gasteiger partial charge on any atom is 0.416 e. The van der Waals surface area contributed by atoms with Crippen molar-refractivity contribution in [2.45, 2.75) is 29.4 Å². The highest BCUT2D eigenvalue weighted by molar-refractivity contribution is 7.99. The number of piperazine rings is 1. The molecule has 6 nitrogen and oxygen atoms in total. The van der Waals surface area contributed by atoms with Crippen LogP contribution >= 0.6 is 11.8 Å². The number of aromatic nitrogens is 1. The molecule has 0 aliphatic carbocycles. The van der Waals surface area contributed by atoms with E-state index in [1.807, 2.05) is 49.2 Å². The van der Waals surface area contributed by atoms with Crippen molar-refractivity contribution in [2.75, 3.05) is 43.9 Å². The Balaban J connectivity index is 1.16. The van der Waals surface area contributed by atoms with Gasteiger partial charge < -0.3 is 15.5 Å². The highest BCUT2D eigenvalue weighted by Crippen LogP contribution is 2.45. The van der Waals surface area contributed by atoms with Gasteiger partial charge in [0.1, 0.15) is 5.69 Å². The quantitative estimate of drug-likeness (QED) is 0.204. The zero-order valence-corrected chi connectivity index (χ0v) is 25.3. The molecule has 2 aliphatic heterocycles. The maximum atomic E-state index is 14.0. The van der Waals surface area contributed by atoms with Gasteiger partial charge in [0, 0.05) is 60.0 Å². The van der Waals surface area contributed by atoms with E-state index in [4.69, 9.17) is 0 Å². The third kappa shape index (κ3) is 6.38. The zero-order valence-electron chi connectivity index (χ0n) is 24.5. The molecule has 0 spiro atoms. The molecule has 6 rings (SSSR count). The van der Waals surface area contributed by atoms with Crippen molar-refractivity contribution in [3.8, 4) is 0 Å². The van der Waals surface area contributed by atoms with Gasteiger partial charge in [-0.25, -0.2) is 0 Å². The molecule has 4 aromatic rings. The van der Waals surface area contributed by atoms with Crippen LogP contribution in [0.15, 0.2) is 89.3 Å². The molecule has 3 aromatic carbocycles. The van der Waals surface area contributed by atoms with Crippen LogP contribution in [0.2, 0.25) is 0 Å². The van der Waals surface area contributed by atoms with Gasteiger partial charge >= 0.3 is 6.18 Å². The van der Waals surface area contributed by atoms with Gasteiger partial charge in [0.15, 0.2) is 0 Å². The highest BCUT2D eigenvalue weighted by Gasteiger charge is 2.34. The summed E-state index contributed by atoms with van der Waals surface area (Å²) in [5.41, 5.74) is 4.87. The van der Waals surface area contributed by atoms with Crippen molar-refractivity contribution in [3.63, 3.8) is 0 Å². The number of para-hydroxylation sites is 1. The van der Waals surface area contributed by atoms with E-state index < -0.39 is 17.6 Å². The van der Waals surface area contributed by atoms with Crippen LogP contribution in [0.4, 0.5) is 30.2 Å². The number of aryl methyl sites for hydroxylation is 1. The van der Waals surface area contributed by atoms with E-state index in [2.05, 4.69) is 39.2 Å². The van der Waals surface area contributed by atoms with Gasteiger partial charge in [-0.1, -0.05) is 42.6 Å². The Morgan fingerprint density at radius 3 is 2.50 bits per heavy atom. The third-order valence-corrected chi connectivity index (χ3v) is 9.19. The topological polar surface area (TPSA) is 60.5 Å². The Hall–Kier alpha value is -4.12. The number of rotatable bonds is 6. The summed E-state index contributed by atoms with van der Waals surface area (Å²) < 4.78 is 42.0. The largest absolute Gasteiger partial charge is 0.416 e. The molecule has 1 aromatic heterocycles. The van der Waals surface area contributed by atoms with Gasteiger partial charge in [-0.15, -0.1) is 0 Å². The maximum absolute atomic E-state index is 14.0. The van der Waals surface area contributed by atoms with Crippen LogP contribution in [0.25, 0.3) is 5.57 Å². The molecule has 44 heavy (non-hydrogen) atoms. The van der Waals surface area contributed by atoms with E-state index in [0.717, 1.165) is 62.6 Å². The van der Waals surface area contributed by atoms with E-state index in [1.165, 1.54) is 12.1 Å². The minimum absolute atomic E-state index is 0.0680. The zero-order chi connectivity index (χ0) is 31.0. The smallest absolute Gasteiger partial charge is 0.354 e. The number of pyridine rings is 1. The number of nitrogens with zero attached hydrogens (tertiary/aromatic N) is 3. The van der Waals surface area contributed by atoms with Crippen molar-refractivity contribution in [2.24, 2.45) is 0 Å². The normalized spacial score (nSPS) is 15.2. The van der Waals surface area contributed by atoms with Gasteiger partial charge in [0.05, 0.1) is 16.9 Å². The first-order chi connectivity index (χ1) is 21.0. The molecular formula is C34H32F3N5OS. The molecule has 1 saturated heterocycles. The summed E-state index contributed by atoms with van der Waals surface area (Å²) in [5, 5.41) is 6.09. The molecule has 0 atom stereocenters. The standard InChI is InChI=1S/C34H32F3N5OS/c1-21-16-30(33(43)39-25-10-8-24(27(18-25)34(35,36)37)20-42-14-12-41(3)13-15-42)38-19-26(21)22(2)23-9-11-32-29(17-23)40-28-6-4-5-7-31(28)44-32/h4-11,16-19,40H,2,12-15,20H2,1,3H3,(H,39,43). The number of benzene rings is 3. The number of anilines is 3. The number of halogens is 3. The van der Waals surface area contributed by atoms with Crippen LogP contribution in [-0.4, -0.2) is 53.9 Å². The number of alkyl halides is 3. The van der Waals surface area contributed by atoms with E-state index in [1.54, 1.807) is 24.0 Å². The number of hydrogen-bond acceptors (Lipinski definition) is 6. The molecule has 0 radical (unpaired) electrons. The number of carbonyl (C=O) groups excluding carboxylic acids is 1. The van der Waals surface area contributed by atoms with Crippen molar-refractivity contribution in [1.29, 1.82) is 0 Å². The first-order valence-corrected chi connectivity index (χ1v) is 15.1. The molecule has 1 amide bonds. The van der Waals surface area contributed by atoms with Crippen molar-refractivity contribution in [3.05, 3.63) is 113 Å². The second-order valence-electron chi connectivity index (χ2n) is 11.2. The van der Waals surface area contributed by atoms with E-state index >= 15 is 0 Å². The molecular weight excluding hydrogens is 583 g/mol. The predicted octanol–water partition coefficient (Wildman–Crippen LogP) is 7.68. The Morgan fingerprint density at radius 2 is 1.75 bits per heavy atom. The molecule has 1 fully saturated rings. The van der Waals surface area contributed by atoms with Crippen LogP contribution in [0.5, 0.6) is 0 Å². The molecule has 0 saturated carbocycles. The molecule has 226 valence electrons. The Labute approximate surface area is 259 Å². The number of likely N-dealkylation sites (N-methyl/N-ethyl adjacent to an activating group) is 1. The monoisotopic (exact) mass is 615 g/mol. The van der Waals surface area contributed by atoms with Crippen molar-refractivity contribution in [1.82, 2.24) is 14.8 Å². The van der Waals surface area contributed by atoms with Crippen LogP contribution in [0, 0.1) is 6.92 Å². The predicted molar refractivity (Wildman–Crippen MR) is 170 cm³/mol. The van der Waals surface area contributed by atoms with Crippen LogP contribution in [-0.2, 0) is 12.7 Å². The lowest BCUT2D eigenvalue weighted by Crippen LogP contribution is -2.44. The highest BCUT2D eigenvalue weighted by atomic mass is 32.2. The summed E-state index contributed by atoms with van der Waals surface area (Å²) in [4.78, 5) is 23.9. The van der Waals surface area contributed by atoms with Gasteiger partial charge in [0.25, 0.3) is 5.91 Å². The lowest BCUT2D eigenvalue weighted by Gasteiger charge is -2.33.